The van der Waals surface area contributed by atoms with E-state index in [1.807, 2.05) is 24.8 Å². The van der Waals surface area contributed by atoms with Crippen molar-refractivity contribution >= 4 is 17.2 Å². The van der Waals surface area contributed by atoms with Crippen LogP contribution in [-0.4, -0.2) is 32.5 Å². The van der Waals surface area contributed by atoms with Gasteiger partial charge < -0.3 is 4.90 Å². The van der Waals surface area contributed by atoms with E-state index in [-0.39, 0.29) is 11.9 Å². The summed E-state index contributed by atoms with van der Waals surface area (Å²) >= 11 is 1.49. The third-order valence-electron chi connectivity index (χ3n) is 3.74. The zero-order chi connectivity index (χ0) is 14.1. The van der Waals surface area contributed by atoms with Crippen molar-refractivity contribution in [1.29, 1.82) is 0 Å². The van der Waals surface area contributed by atoms with Crippen molar-refractivity contribution in [3.05, 3.63) is 33.5 Å². The highest BCUT2D eigenvalue weighted by molar-refractivity contribution is 7.13. The molecule has 1 aliphatic heterocycles. The van der Waals surface area contributed by atoms with Crippen molar-refractivity contribution in [3.63, 3.8) is 0 Å². The second kappa shape index (κ2) is 5.36. The minimum Gasteiger partial charge on any atom is -0.329 e. The average Bonchev–Trinajstić information content (AvgIpc) is 3.07. The smallest absolute Gasteiger partial charge is 0.266 e. The molecule has 0 saturated carbocycles. The van der Waals surface area contributed by atoms with Gasteiger partial charge in [0.25, 0.3) is 5.91 Å². The van der Waals surface area contributed by atoms with Gasteiger partial charge in [0.15, 0.2) is 0 Å². The number of nitrogens with one attached hydrogen (secondary N) is 1. The van der Waals surface area contributed by atoms with Crippen LogP contribution < -0.4 is 0 Å². The molecule has 1 aliphatic rings. The number of amides is 1. The Balaban J connectivity index is 1.90. The normalized spacial score (nSPS) is 19.3. The minimum atomic E-state index is 0.104. The molecule has 1 atom stereocenters. The van der Waals surface area contributed by atoms with Crippen LogP contribution in [0.3, 0.4) is 0 Å². The second-order valence-electron chi connectivity index (χ2n) is 5.17. The lowest BCUT2D eigenvalue weighted by Gasteiger charge is -2.34. The number of nitrogens with zero attached hydrogens (tertiary/aromatic N) is 3. The van der Waals surface area contributed by atoms with E-state index in [1.165, 1.54) is 11.3 Å². The maximum atomic E-state index is 12.8. The first kappa shape index (κ1) is 13.3. The molecule has 1 unspecified atom stereocenters. The van der Waals surface area contributed by atoms with Gasteiger partial charge in [0.05, 0.1) is 22.4 Å². The van der Waals surface area contributed by atoms with Crippen LogP contribution in [0.1, 0.15) is 51.4 Å². The van der Waals surface area contributed by atoms with Gasteiger partial charge in [0, 0.05) is 12.7 Å². The zero-order valence-electron chi connectivity index (χ0n) is 11.7. The number of aromatic amines is 1. The van der Waals surface area contributed by atoms with Crippen LogP contribution in [0.5, 0.6) is 0 Å². The summed E-state index contributed by atoms with van der Waals surface area (Å²) in [6, 6.07) is 2.07. The first-order valence-electron chi connectivity index (χ1n) is 6.91. The van der Waals surface area contributed by atoms with Crippen molar-refractivity contribution in [1.82, 2.24) is 20.1 Å². The maximum absolute atomic E-state index is 12.8. The highest BCUT2D eigenvalue weighted by Gasteiger charge is 2.31. The van der Waals surface area contributed by atoms with E-state index in [0.29, 0.717) is 0 Å². The number of likely N-dealkylation sites (tertiary alicyclic amines) is 1. The molecule has 3 heterocycles. The van der Waals surface area contributed by atoms with Crippen LogP contribution in [0.25, 0.3) is 0 Å². The Bertz CT molecular complexity index is 605. The summed E-state index contributed by atoms with van der Waals surface area (Å²) in [5, 5.41) is 7.97. The van der Waals surface area contributed by atoms with Gasteiger partial charge >= 0.3 is 0 Å². The Morgan fingerprint density at radius 2 is 2.30 bits per heavy atom. The number of aryl methyl sites for hydroxylation is 2. The number of H-pyrrole nitrogens is 1. The molecule has 1 fully saturated rings. The summed E-state index contributed by atoms with van der Waals surface area (Å²) in [7, 11) is 0. The highest BCUT2D eigenvalue weighted by Crippen LogP contribution is 2.32. The molecule has 3 rings (SSSR count). The van der Waals surface area contributed by atoms with E-state index < -0.39 is 0 Å². The lowest BCUT2D eigenvalue weighted by molar-refractivity contribution is 0.0610. The van der Waals surface area contributed by atoms with Crippen molar-refractivity contribution in [2.24, 2.45) is 0 Å². The van der Waals surface area contributed by atoms with E-state index in [0.717, 1.165) is 47.1 Å². The molecular formula is C14H18N4OS. The lowest BCUT2D eigenvalue weighted by atomic mass is 9.99. The molecule has 20 heavy (non-hydrogen) atoms. The molecule has 0 spiro atoms. The van der Waals surface area contributed by atoms with E-state index in [1.54, 1.807) is 6.20 Å². The molecule has 1 amide bonds. The third kappa shape index (κ3) is 2.35. The van der Waals surface area contributed by atoms with E-state index >= 15 is 0 Å². The van der Waals surface area contributed by atoms with Gasteiger partial charge in [-0.25, -0.2) is 4.98 Å². The number of carbonyl (C=O) groups is 1. The summed E-state index contributed by atoms with van der Waals surface area (Å²) in [6.45, 7) is 4.65. The summed E-state index contributed by atoms with van der Waals surface area (Å²) in [5.41, 5.74) is 1.86. The van der Waals surface area contributed by atoms with Gasteiger partial charge in [0.2, 0.25) is 0 Å². The van der Waals surface area contributed by atoms with Crippen molar-refractivity contribution in [3.8, 4) is 0 Å². The van der Waals surface area contributed by atoms with Crippen LogP contribution in [0.2, 0.25) is 0 Å². The van der Waals surface area contributed by atoms with Crippen molar-refractivity contribution in [2.45, 2.75) is 39.2 Å². The van der Waals surface area contributed by atoms with Gasteiger partial charge in [-0.2, -0.15) is 5.10 Å². The molecule has 6 heteroatoms. The molecule has 106 valence electrons. The predicted molar refractivity (Wildman–Crippen MR) is 77.8 cm³/mol. The third-order valence-corrected chi connectivity index (χ3v) is 4.80. The molecule has 1 N–H and O–H groups in total. The first-order valence-corrected chi connectivity index (χ1v) is 7.72. The lowest BCUT2D eigenvalue weighted by Crippen LogP contribution is -2.38. The Kier molecular flexibility index (Phi) is 3.56. The molecule has 0 aliphatic carbocycles. The standard InChI is InChI=1S/C14H18N4OS/c1-9-13(20-10(2)16-9)14(19)18-8-4-3-5-12(18)11-6-7-15-17-11/h6-7,12H,3-5,8H2,1-2H3,(H,15,17). The van der Waals surface area contributed by atoms with Crippen LogP contribution in [0.4, 0.5) is 0 Å². The van der Waals surface area contributed by atoms with Gasteiger partial charge in [-0.1, -0.05) is 0 Å². The summed E-state index contributed by atoms with van der Waals surface area (Å²) in [6.07, 6.45) is 4.95. The van der Waals surface area contributed by atoms with Crippen molar-refractivity contribution in [2.75, 3.05) is 6.54 Å². The zero-order valence-corrected chi connectivity index (χ0v) is 12.5. The fourth-order valence-corrected chi connectivity index (χ4v) is 3.69. The number of carbonyl (C=O) groups excluding carboxylic acids is 1. The quantitative estimate of drug-likeness (QED) is 0.925. The number of piperidine rings is 1. The Morgan fingerprint density at radius 1 is 1.45 bits per heavy atom. The topological polar surface area (TPSA) is 61.9 Å². The fourth-order valence-electron chi connectivity index (χ4n) is 2.81. The van der Waals surface area contributed by atoms with Gasteiger partial charge in [-0.15, -0.1) is 11.3 Å². The Morgan fingerprint density at radius 3 is 2.95 bits per heavy atom. The maximum Gasteiger partial charge on any atom is 0.266 e. The van der Waals surface area contributed by atoms with Gasteiger partial charge in [-0.3, -0.25) is 9.89 Å². The van der Waals surface area contributed by atoms with Gasteiger partial charge in [0.1, 0.15) is 4.88 Å². The number of hydrogen-bond acceptors (Lipinski definition) is 4. The first-order chi connectivity index (χ1) is 9.66. The molecule has 2 aromatic heterocycles. The number of hydrogen-bond donors (Lipinski definition) is 1. The molecule has 1 saturated heterocycles. The average molecular weight is 290 g/mol. The van der Waals surface area contributed by atoms with Gasteiger partial charge in [-0.05, 0) is 39.2 Å². The van der Waals surface area contributed by atoms with E-state index in [2.05, 4.69) is 15.2 Å². The molecular weight excluding hydrogens is 272 g/mol. The fraction of sp³-hybridized carbons (Fsp3) is 0.500. The highest BCUT2D eigenvalue weighted by atomic mass is 32.1. The van der Waals surface area contributed by atoms with Crippen LogP contribution in [-0.2, 0) is 0 Å². The molecule has 0 radical (unpaired) electrons. The number of aromatic nitrogens is 3. The SMILES string of the molecule is Cc1nc(C)c(C(=O)N2CCCCC2c2ccn[nH]2)s1. The summed E-state index contributed by atoms with van der Waals surface area (Å²) < 4.78 is 0. The predicted octanol–water partition coefficient (Wildman–Crippen LogP) is 2.85. The Labute approximate surface area is 122 Å². The Hall–Kier alpha value is -1.69. The molecule has 0 bridgehead atoms. The number of rotatable bonds is 2. The van der Waals surface area contributed by atoms with Crippen LogP contribution >= 0.6 is 11.3 Å². The molecule has 2 aromatic rings. The summed E-state index contributed by atoms with van der Waals surface area (Å²) in [5.74, 6) is 0.104. The largest absolute Gasteiger partial charge is 0.329 e. The molecule has 5 nitrogen and oxygen atoms in total. The molecule has 0 aromatic carbocycles. The van der Waals surface area contributed by atoms with Crippen molar-refractivity contribution < 1.29 is 4.79 Å². The minimum absolute atomic E-state index is 0.104. The summed E-state index contributed by atoms with van der Waals surface area (Å²) in [4.78, 5) is 19.9. The second-order valence-corrected chi connectivity index (χ2v) is 6.37. The van der Waals surface area contributed by atoms with Crippen LogP contribution in [0.15, 0.2) is 12.3 Å². The van der Waals surface area contributed by atoms with E-state index in [4.69, 9.17) is 0 Å². The van der Waals surface area contributed by atoms with Crippen LogP contribution in [0, 0.1) is 13.8 Å². The van der Waals surface area contributed by atoms with E-state index in [9.17, 15) is 4.79 Å². The number of thiazole rings is 1. The monoisotopic (exact) mass is 290 g/mol.